The van der Waals surface area contributed by atoms with Crippen molar-refractivity contribution in [3.8, 4) is 5.75 Å². The normalized spacial score (nSPS) is 11.3. The van der Waals surface area contributed by atoms with Gasteiger partial charge in [0.25, 0.3) is 11.8 Å². The lowest BCUT2D eigenvalue weighted by Crippen LogP contribution is -2.27. The Balaban J connectivity index is 2.02. The molecule has 0 atom stereocenters. The fourth-order valence-corrected chi connectivity index (χ4v) is 2.32. The number of para-hydroxylation sites is 2. The molecule has 0 aliphatic carbocycles. The Kier molecular flexibility index (Phi) is 4.47. The van der Waals surface area contributed by atoms with Crippen molar-refractivity contribution < 1.29 is 18.7 Å². The fourth-order valence-electron chi connectivity index (χ4n) is 2.32. The minimum absolute atomic E-state index is 0.0685. The number of benzene rings is 2. The first-order chi connectivity index (χ1) is 12.1. The van der Waals surface area contributed by atoms with Crippen LogP contribution in [0.2, 0.25) is 0 Å². The van der Waals surface area contributed by atoms with Gasteiger partial charge in [0.2, 0.25) is 5.55 Å². The van der Waals surface area contributed by atoms with E-state index in [0.717, 1.165) is 0 Å². The Morgan fingerprint density at radius 3 is 2.56 bits per heavy atom. The Hall–Kier alpha value is -3.61. The second-order valence-electron chi connectivity index (χ2n) is 5.12. The summed E-state index contributed by atoms with van der Waals surface area (Å²) in [5, 5.41) is 4.61. The van der Waals surface area contributed by atoms with Crippen molar-refractivity contribution in [3.63, 3.8) is 0 Å². The van der Waals surface area contributed by atoms with Gasteiger partial charge in [-0.1, -0.05) is 30.3 Å². The van der Waals surface area contributed by atoms with Gasteiger partial charge in [-0.3, -0.25) is 9.59 Å². The van der Waals surface area contributed by atoms with Gasteiger partial charge in [-0.05, 0) is 24.3 Å². The van der Waals surface area contributed by atoms with Crippen LogP contribution in [0.4, 0.5) is 0 Å². The molecule has 0 aliphatic rings. The van der Waals surface area contributed by atoms with Crippen LogP contribution < -0.4 is 21.5 Å². The number of carbonyl (C=O) groups is 2. The van der Waals surface area contributed by atoms with Gasteiger partial charge in [0.05, 0.1) is 12.7 Å². The third-order valence-electron chi connectivity index (χ3n) is 3.53. The van der Waals surface area contributed by atoms with Crippen molar-refractivity contribution in [3.05, 3.63) is 71.3 Å². The fraction of sp³-hybridized carbons (Fsp3) is 0.0556. The van der Waals surface area contributed by atoms with Crippen molar-refractivity contribution in [1.82, 2.24) is 5.43 Å². The van der Waals surface area contributed by atoms with E-state index in [4.69, 9.17) is 14.9 Å². The van der Waals surface area contributed by atoms with Gasteiger partial charge >= 0.3 is 0 Å². The molecular formula is C18H15N3O4. The molecule has 0 radical (unpaired) electrons. The lowest BCUT2D eigenvalue weighted by Gasteiger charge is -2.06. The van der Waals surface area contributed by atoms with Crippen LogP contribution in [0.3, 0.4) is 0 Å². The molecule has 0 bridgehead atoms. The number of rotatable bonds is 4. The summed E-state index contributed by atoms with van der Waals surface area (Å²) >= 11 is 0. The summed E-state index contributed by atoms with van der Waals surface area (Å²) < 4.78 is 10.7. The number of nitrogens with one attached hydrogen (secondary N) is 1. The third kappa shape index (κ3) is 3.35. The van der Waals surface area contributed by atoms with Crippen LogP contribution in [0.15, 0.2) is 64.1 Å². The molecular weight excluding hydrogens is 322 g/mol. The Bertz CT molecular complexity index is 1020. The zero-order valence-corrected chi connectivity index (χ0v) is 13.4. The molecule has 3 N–H and O–H groups in total. The standard InChI is InChI=1S/C18H15N3O4/c1-24-15-9-5-3-7-12(15)17(23)20-21-18-13(16(19)22)10-11-6-2-4-8-14(11)25-18/h2-10H,1H3,(H2,19,22)(H,20,23)/b21-18+. The molecule has 7 heteroatoms. The van der Waals surface area contributed by atoms with E-state index in [9.17, 15) is 9.59 Å². The van der Waals surface area contributed by atoms with Gasteiger partial charge in [-0.25, -0.2) is 5.43 Å². The highest BCUT2D eigenvalue weighted by Gasteiger charge is 2.12. The van der Waals surface area contributed by atoms with Crippen LogP contribution in [-0.2, 0) is 0 Å². The smallest absolute Gasteiger partial charge is 0.275 e. The zero-order valence-electron chi connectivity index (χ0n) is 13.4. The lowest BCUT2D eigenvalue weighted by molar-refractivity contribution is 0.0943. The molecule has 126 valence electrons. The summed E-state index contributed by atoms with van der Waals surface area (Å²) in [5.74, 6) is -0.809. The molecule has 0 fully saturated rings. The number of nitrogens with zero attached hydrogens (tertiary/aromatic N) is 1. The zero-order chi connectivity index (χ0) is 17.8. The highest BCUT2D eigenvalue weighted by molar-refractivity contribution is 5.97. The Labute approximate surface area is 142 Å². The quantitative estimate of drug-likeness (QED) is 0.708. The van der Waals surface area contributed by atoms with Gasteiger partial charge in [-0.2, -0.15) is 0 Å². The van der Waals surface area contributed by atoms with Crippen LogP contribution in [0.5, 0.6) is 5.75 Å². The predicted octanol–water partition coefficient (Wildman–Crippen LogP) is 1.79. The van der Waals surface area contributed by atoms with Crippen LogP contribution in [0, 0.1) is 0 Å². The first-order valence-corrected chi connectivity index (χ1v) is 7.40. The summed E-state index contributed by atoms with van der Waals surface area (Å²) in [4.78, 5) is 23.9. The van der Waals surface area contributed by atoms with Crippen molar-refractivity contribution >= 4 is 22.8 Å². The molecule has 0 aliphatic heterocycles. The van der Waals surface area contributed by atoms with Gasteiger partial charge in [0, 0.05) is 5.39 Å². The third-order valence-corrected chi connectivity index (χ3v) is 3.53. The number of amides is 2. The lowest BCUT2D eigenvalue weighted by atomic mass is 10.2. The van der Waals surface area contributed by atoms with Crippen LogP contribution in [0.25, 0.3) is 11.0 Å². The Morgan fingerprint density at radius 2 is 1.80 bits per heavy atom. The highest BCUT2D eigenvalue weighted by atomic mass is 16.5. The number of ether oxygens (including phenoxy) is 1. The second-order valence-corrected chi connectivity index (χ2v) is 5.12. The number of nitrogens with two attached hydrogens (primary N) is 1. The van der Waals surface area contributed by atoms with Crippen molar-refractivity contribution in [1.29, 1.82) is 0 Å². The number of methoxy groups -OCH3 is 1. The molecule has 0 unspecified atom stereocenters. The van der Waals surface area contributed by atoms with Gasteiger partial charge in [0.1, 0.15) is 16.9 Å². The van der Waals surface area contributed by atoms with Gasteiger partial charge < -0.3 is 14.9 Å². The highest BCUT2D eigenvalue weighted by Crippen LogP contribution is 2.17. The maximum atomic E-state index is 12.3. The van der Waals surface area contributed by atoms with E-state index >= 15 is 0 Å². The SMILES string of the molecule is COc1ccccc1C(=O)N/N=c1/oc2ccccc2cc1C(N)=O. The van der Waals surface area contributed by atoms with Crippen molar-refractivity contribution in [2.24, 2.45) is 10.8 Å². The van der Waals surface area contributed by atoms with E-state index in [-0.39, 0.29) is 11.1 Å². The first kappa shape index (κ1) is 16.3. The molecule has 2 amide bonds. The number of hydrogen-bond donors (Lipinski definition) is 2. The molecule has 2 aromatic carbocycles. The van der Waals surface area contributed by atoms with E-state index < -0.39 is 11.8 Å². The predicted molar refractivity (Wildman–Crippen MR) is 90.8 cm³/mol. The van der Waals surface area contributed by atoms with Crippen LogP contribution >= 0.6 is 0 Å². The molecule has 25 heavy (non-hydrogen) atoms. The van der Waals surface area contributed by atoms with E-state index in [1.165, 1.54) is 7.11 Å². The molecule has 0 spiro atoms. The van der Waals surface area contributed by atoms with E-state index in [1.807, 2.05) is 6.07 Å². The summed E-state index contributed by atoms with van der Waals surface area (Å²) in [7, 11) is 1.47. The largest absolute Gasteiger partial charge is 0.496 e. The molecule has 0 saturated heterocycles. The topological polar surface area (TPSA) is 107 Å². The average molecular weight is 337 g/mol. The van der Waals surface area contributed by atoms with Crippen molar-refractivity contribution in [2.45, 2.75) is 0 Å². The van der Waals surface area contributed by atoms with E-state index in [0.29, 0.717) is 22.3 Å². The summed E-state index contributed by atoms with van der Waals surface area (Å²) in [6.07, 6.45) is 0. The van der Waals surface area contributed by atoms with Crippen molar-refractivity contribution in [2.75, 3.05) is 7.11 Å². The monoisotopic (exact) mass is 337 g/mol. The number of hydrogen-bond acceptors (Lipinski definition) is 5. The number of primary amides is 1. The minimum atomic E-state index is -0.709. The summed E-state index contributed by atoms with van der Waals surface area (Å²) in [6.45, 7) is 0. The molecule has 7 nitrogen and oxygen atoms in total. The Morgan fingerprint density at radius 1 is 1.08 bits per heavy atom. The molecule has 1 heterocycles. The molecule has 3 aromatic rings. The number of fused-ring (bicyclic) bond motifs is 1. The maximum Gasteiger partial charge on any atom is 0.275 e. The van der Waals surface area contributed by atoms with Gasteiger partial charge in [0.15, 0.2) is 0 Å². The summed E-state index contributed by atoms with van der Waals surface area (Å²) in [5.41, 5.74) is 8.54. The van der Waals surface area contributed by atoms with Gasteiger partial charge in [-0.15, -0.1) is 5.10 Å². The minimum Gasteiger partial charge on any atom is -0.496 e. The van der Waals surface area contributed by atoms with Crippen LogP contribution in [0.1, 0.15) is 20.7 Å². The number of carbonyl (C=O) groups excluding carboxylic acids is 2. The maximum absolute atomic E-state index is 12.3. The van der Waals surface area contributed by atoms with E-state index in [1.54, 1.807) is 48.5 Å². The summed E-state index contributed by atoms with van der Waals surface area (Å²) in [6, 6.07) is 15.4. The average Bonchev–Trinajstić information content (AvgIpc) is 2.65. The first-order valence-electron chi connectivity index (χ1n) is 7.40. The van der Waals surface area contributed by atoms with E-state index in [2.05, 4.69) is 10.5 Å². The molecule has 0 saturated carbocycles. The molecule has 1 aromatic heterocycles. The van der Waals surface area contributed by atoms with Crippen LogP contribution in [-0.4, -0.2) is 18.9 Å². The molecule has 3 rings (SSSR count). The second kappa shape index (κ2) is 6.88.